The zero-order chi connectivity index (χ0) is 18.3. The summed E-state index contributed by atoms with van der Waals surface area (Å²) < 4.78 is 5.40. The monoisotopic (exact) mass is 363 g/mol. The number of hydrogen-bond donors (Lipinski definition) is 1. The Bertz CT molecular complexity index is 1110. The number of amides is 1. The van der Waals surface area contributed by atoms with Crippen molar-refractivity contribution in [1.29, 1.82) is 0 Å². The second kappa shape index (κ2) is 6.38. The van der Waals surface area contributed by atoms with Gasteiger partial charge in [0.2, 0.25) is 0 Å². The predicted molar refractivity (Wildman–Crippen MR) is 104 cm³/mol. The molecular weight excluding hydrogens is 346 g/mol. The summed E-state index contributed by atoms with van der Waals surface area (Å²) in [5.41, 5.74) is 3.62. The first-order valence-electron chi connectivity index (χ1n) is 8.22. The molecule has 4 rings (SSSR count). The van der Waals surface area contributed by atoms with E-state index in [0.717, 1.165) is 32.7 Å². The molecule has 4 aromatic rings. The number of aromatic nitrogens is 2. The van der Waals surface area contributed by atoms with Gasteiger partial charge >= 0.3 is 0 Å². The molecule has 0 aliphatic rings. The molecule has 130 valence electrons. The van der Waals surface area contributed by atoms with Gasteiger partial charge in [0.05, 0.1) is 16.8 Å². The number of carbonyl (C=O) groups excluding carboxylic acids is 1. The molecule has 0 spiro atoms. The van der Waals surface area contributed by atoms with Crippen LogP contribution in [0.15, 0.2) is 47.1 Å². The van der Waals surface area contributed by atoms with Crippen molar-refractivity contribution in [2.45, 2.75) is 20.8 Å². The summed E-state index contributed by atoms with van der Waals surface area (Å²) in [4.78, 5) is 23.3. The third kappa shape index (κ3) is 2.88. The molecule has 0 saturated heterocycles. The molecule has 0 bridgehead atoms. The van der Waals surface area contributed by atoms with Crippen LogP contribution in [0.3, 0.4) is 0 Å². The lowest BCUT2D eigenvalue weighted by Crippen LogP contribution is -2.11. The molecule has 0 aliphatic heterocycles. The zero-order valence-electron chi connectivity index (χ0n) is 14.7. The average Bonchev–Trinajstić information content (AvgIpc) is 3.23. The van der Waals surface area contributed by atoms with Crippen LogP contribution < -0.4 is 5.32 Å². The standard InChI is InChI=1S/C20H17N3O2S/c1-11-6-4-7-14(10-11)22-19(24)17-12(2)16-13(3)21-18(23-20(16)26-17)15-8-5-9-25-15/h4-10H,1-3H3,(H,22,24). The largest absolute Gasteiger partial charge is 0.461 e. The van der Waals surface area contributed by atoms with Gasteiger partial charge in [0.1, 0.15) is 4.83 Å². The number of carbonyl (C=O) groups is 1. The smallest absolute Gasteiger partial charge is 0.266 e. The molecule has 0 atom stereocenters. The summed E-state index contributed by atoms with van der Waals surface area (Å²) in [5.74, 6) is 1.02. The van der Waals surface area contributed by atoms with E-state index in [1.54, 1.807) is 12.3 Å². The van der Waals surface area contributed by atoms with Crippen LogP contribution in [0, 0.1) is 20.8 Å². The van der Waals surface area contributed by atoms with E-state index in [-0.39, 0.29) is 5.91 Å². The van der Waals surface area contributed by atoms with Crippen molar-refractivity contribution in [3.05, 3.63) is 64.4 Å². The lowest BCUT2D eigenvalue weighted by atomic mass is 10.1. The van der Waals surface area contributed by atoms with Gasteiger partial charge in [-0.15, -0.1) is 11.3 Å². The molecule has 0 fully saturated rings. The van der Waals surface area contributed by atoms with Crippen molar-refractivity contribution in [3.8, 4) is 11.6 Å². The first-order valence-corrected chi connectivity index (χ1v) is 9.04. The Morgan fingerprint density at radius 2 is 1.96 bits per heavy atom. The van der Waals surface area contributed by atoms with Gasteiger partial charge in [-0.2, -0.15) is 0 Å². The van der Waals surface area contributed by atoms with Gasteiger partial charge in [-0.1, -0.05) is 12.1 Å². The van der Waals surface area contributed by atoms with Crippen LogP contribution in [0.1, 0.15) is 26.5 Å². The highest BCUT2D eigenvalue weighted by Crippen LogP contribution is 2.33. The number of benzene rings is 1. The minimum Gasteiger partial charge on any atom is -0.461 e. The van der Waals surface area contributed by atoms with Crippen molar-refractivity contribution in [2.75, 3.05) is 5.32 Å². The maximum atomic E-state index is 12.8. The Morgan fingerprint density at radius 3 is 2.69 bits per heavy atom. The van der Waals surface area contributed by atoms with E-state index in [0.29, 0.717) is 16.5 Å². The molecule has 1 aromatic carbocycles. The first-order chi connectivity index (χ1) is 12.5. The normalized spacial score (nSPS) is 11.0. The van der Waals surface area contributed by atoms with Crippen LogP contribution in [-0.4, -0.2) is 15.9 Å². The lowest BCUT2D eigenvalue weighted by Gasteiger charge is -2.05. The van der Waals surface area contributed by atoms with E-state index in [1.807, 2.05) is 51.1 Å². The first kappa shape index (κ1) is 16.5. The lowest BCUT2D eigenvalue weighted by molar-refractivity contribution is 0.103. The van der Waals surface area contributed by atoms with E-state index >= 15 is 0 Å². The van der Waals surface area contributed by atoms with E-state index in [2.05, 4.69) is 15.3 Å². The fourth-order valence-corrected chi connectivity index (χ4v) is 4.11. The minimum atomic E-state index is -0.130. The van der Waals surface area contributed by atoms with Crippen LogP contribution in [0.5, 0.6) is 0 Å². The number of fused-ring (bicyclic) bond motifs is 1. The Morgan fingerprint density at radius 1 is 1.12 bits per heavy atom. The average molecular weight is 363 g/mol. The molecule has 0 saturated carbocycles. The summed E-state index contributed by atoms with van der Waals surface area (Å²) >= 11 is 1.38. The Kier molecular flexibility index (Phi) is 4.05. The van der Waals surface area contributed by atoms with E-state index in [4.69, 9.17) is 4.42 Å². The molecule has 3 heterocycles. The predicted octanol–water partition coefficient (Wildman–Crippen LogP) is 5.13. The fourth-order valence-electron chi connectivity index (χ4n) is 2.98. The summed E-state index contributed by atoms with van der Waals surface area (Å²) in [5, 5.41) is 3.90. The molecule has 0 unspecified atom stereocenters. The quantitative estimate of drug-likeness (QED) is 0.548. The molecule has 6 heteroatoms. The number of anilines is 1. The molecule has 3 aromatic heterocycles. The highest BCUT2D eigenvalue weighted by atomic mass is 32.1. The van der Waals surface area contributed by atoms with Crippen molar-refractivity contribution < 1.29 is 9.21 Å². The van der Waals surface area contributed by atoms with Crippen LogP contribution in [-0.2, 0) is 0 Å². The number of hydrogen-bond acceptors (Lipinski definition) is 5. The van der Waals surface area contributed by atoms with Gasteiger partial charge in [0.25, 0.3) is 5.91 Å². The van der Waals surface area contributed by atoms with Gasteiger partial charge in [-0.05, 0) is 56.2 Å². The number of aryl methyl sites for hydroxylation is 3. The second-order valence-electron chi connectivity index (χ2n) is 6.17. The Hall–Kier alpha value is -2.99. The third-order valence-electron chi connectivity index (χ3n) is 4.19. The Labute approximate surface area is 154 Å². The number of nitrogens with zero attached hydrogens (tertiary/aromatic N) is 2. The van der Waals surface area contributed by atoms with Gasteiger partial charge in [0, 0.05) is 11.1 Å². The van der Waals surface area contributed by atoms with Crippen molar-refractivity contribution in [2.24, 2.45) is 0 Å². The molecule has 5 nitrogen and oxygen atoms in total. The second-order valence-corrected chi connectivity index (χ2v) is 7.17. The topological polar surface area (TPSA) is 68.0 Å². The zero-order valence-corrected chi connectivity index (χ0v) is 15.5. The van der Waals surface area contributed by atoms with Crippen molar-refractivity contribution in [1.82, 2.24) is 9.97 Å². The van der Waals surface area contributed by atoms with Gasteiger partial charge in [-0.25, -0.2) is 9.97 Å². The molecule has 1 N–H and O–H groups in total. The van der Waals surface area contributed by atoms with E-state index < -0.39 is 0 Å². The number of thiophene rings is 1. The highest BCUT2D eigenvalue weighted by Gasteiger charge is 2.20. The van der Waals surface area contributed by atoms with Crippen molar-refractivity contribution in [3.63, 3.8) is 0 Å². The molecule has 1 amide bonds. The number of rotatable bonds is 3. The molecule has 26 heavy (non-hydrogen) atoms. The van der Waals surface area contributed by atoms with Crippen LogP contribution in [0.25, 0.3) is 21.8 Å². The Balaban J connectivity index is 1.75. The maximum absolute atomic E-state index is 12.8. The summed E-state index contributed by atoms with van der Waals surface area (Å²) in [6.07, 6.45) is 1.60. The highest BCUT2D eigenvalue weighted by molar-refractivity contribution is 7.20. The van der Waals surface area contributed by atoms with Gasteiger partial charge < -0.3 is 9.73 Å². The SMILES string of the molecule is Cc1cccc(NC(=O)c2sc3nc(-c4ccco4)nc(C)c3c2C)c1. The van der Waals surface area contributed by atoms with E-state index in [1.165, 1.54) is 11.3 Å². The molecule has 0 aliphatic carbocycles. The maximum Gasteiger partial charge on any atom is 0.266 e. The number of nitrogens with one attached hydrogen (secondary N) is 1. The number of furan rings is 1. The van der Waals surface area contributed by atoms with Crippen molar-refractivity contribution >= 4 is 33.1 Å². The molecular formula is C20H17N3O2S. The summed E-state index contributed by atoms with van der Waals surface area (Å²) in [6.45, 7) is 5.86. The molecule has 0 radical (unpaired) electrons. The van der Waals surface area contributed by atoms with Gasteiger partial charge in [0.15, 0.2) is 11.6 Å². The van der Waals surface area contributed by atoms with E-state index in [9.17, 15) is 4.79 Å². The fraction of sp³-hybridized carbons (Fsp3) is 0.150. The van der Waals surface area contributed by atoms with Gasteiger partial charge in [-0.3, -0.25) is 4.79 Å². The third-order valence-corrected chi connectivity index (χ3v) is 5.38. The van der Waals surface area contributed by atoms with Crippen LogP contribution in [0.2, 0.25) is 0 Å². The minimum absolute atomic E-state index is 0.130. The summed E-state index contributed by atoms with van der Waals surface area (Å²) in [6, 6.07) is 11.4. The summed E-state index contributed by atoms with van der Waals surface area (Å²) in [7, 11) is 0. The van der Waals surface area contributed by atoms with Crippen LogP contribution in [0.4, 0.5) is 5.69 Å². The van der Waals surface area contributed by atoms with Crippen LogP contribution >= 0.6 is 11.3 Å².